The molecule has 1 amide bonds. The number of nitrogens with zero attached hydrogens (tertiary/aromatic N) is 1. The van der Waals surface area contributed by atoms with Crippen LogP contribution in [-0.2, 0) is 4.79 Å². The van der Waals surface area contributed by atoms with Crippen molar-refractivity contribution in [1.82, 2.24) is 5.32 Å². The Kier molecular flexibility index (Phi) is 5.20. The van der Waals surface area contributed by atoms with E-state index in [1.807, 2.05) is 56.3 Å². The topological polar surface area (TPSA) is 41.6 Å². The SMILES string of the molecule is CCOc1ccc(Br)cc1/C=C1/NC(=S)N(c2cccc(C)c2)C1=O. The Balaban J connectivity index is 1.97. The molecule has 0 unspecified atom stereocenters. The maximum Gasteiger partial charge on any atom is 0.281 e. The van der Waals surface area contributed by atoms with Gasteiger partial charge in [-0.1, -0.05) is 28.1 Å². The summed E-state index contributed by atoms with van der Waals surface area (Å²) in [5.41, 5.74) is 3.05. The van der Waals surface area contributed by atoms with Crippen molar-refractivity contribution in [2.75, 3.05) is 11.5 Å². The van der Waals surface area contributed by atoms with Crippen LogP contribution in [0.4, 0.5) is 5.69 Å². The number of thiocarbonyl (C=S) groups is 1. The summed E-state index contributed by atoms with van der Waals surface area (Å²) in [6, 6.07) is 13.4. The molecule has 1 heterocycles. The molecule has 3 rings (SSSR count). The van der Waals surface area contributed by atoms with Gasteiger partial charge in [-0.2, -0.15) is 0 Å². The summed E-state index contributed by atoms with van der Waals surface area (Å²) < 4.78 is 6.55. The predicted octanol–water partition coefficient (Wildman–Crippen LogP) is 4.42. The van der Waals surface area contributed by atoms with Crippen molar-refractivity contribution in [3.05, 3.63) is 63.8 Å². The Morgan fingerprint density at radius 1 is 1.28 bits per heavy atom. The number of halogens is 1. The van der Waals surface area contributed by atoms with Crippen LogP contribution in [0.15, 0.2) is 52.6 Å². The molecule has 2 aromatic rings. The van der Waals surface area contributed by atoms with Crippen LogP contribution < -0.4 is 15.0 Å². The van der Waals surface area contributed by atoms with Crippen LogP contribution in [0, 0.1) is 6.92 Å². The largest absolute Gasteiger partial charge is 0.493 e. The summed E-state index contributed by atoms with van der Waals surface area (Å²) >= 11 is 8.81. The lowest BCUT2D eigenvalue weighted by Crippen LogP contribution is -2.30. The first-order valence-corrected chi connectivity index (χ1v) is 9.06. The van der Waals surface area contributed by atoms with Crippen LogP contribution in [0.3, 0.4) is 0 Å². The summed E-state index contributed by atoms with van der Waals surface area (Å²) in [5.74, 6) is 0.533. The van der Waals surface area contributed by atoms with Gasteiger partial charge in [0.05, 0.1) is 12.3 Å². The average Bonchev–Trinajstić information content (AvgIpc) is 2.84. The second kappa shape index (κ2) is 7.37. The standard InChI is InChI=1S/C19H17BrN2O2S/c1-3-24-17-8-7-14(20)10-13(17)11-16-18(23)22(19(25)21-16)15-6-4-5-12(2)9-15/h4-11H,3H2,1-2H3,(H,21,25)/b16-11+. The van der Waals surface area contributed by atoms with E-state index in [0.29, 0.717) is 23.2 Å². The quantitative estimate of drug-likeness (QED) is 0.591. The summed E-state index contributed by atoms with van der Waals surface area (Å²) in [6.07, 6.45) is 1.76. The maximum atomic E-state index is 12.8. The Morgan fingerprint density at radius 3 is 2.80 bits per heavy atom. The summed E-state index contributed by atoms with van der Waals surface area (Å²) in [7, 11) is 0. The van der Waals surface area contributed by atoms with Gasteiger partial charge in [0, 0.05) is 10.0 Å². The highest BCUT2D eigenvalue weighted by molar-refractivity contribution is 9.10. The fraction of sp³-hybridized carbons (Fsp3) is 0.158. The fourth-order valence-corrected chi connectivity index (χ4v) is 3.29. The zero-order valence-corrected chi connectivity index (χ0v) is 16.3. The average molecular weight is 417 g/mol. The number of ether oxygens (including phenoxy) is 1. The molecular formula is C19H17BrN2O2S. The normalized spacial score (nSPS) is 15.6. The Labute approximate surface area is 160 Å². The highest BCUT2D eigenvalue weighted by Gasteiger charge is 2.32. The van der Waals surface area contributed by atoms with Crippen molar-refractivity contribution in [2.45, 2.75) is 13.8 Å². The van der Waals surface area contributed by atoms with E-state index in [9.17, 15) is 4.79 Å². The van der Waals surface area contributed by atoms with Crippen molar-refractivity contribution in [3.8, 4) is 5.75 Å². The number of aryl methyl sites for hydroxylation is 1. The zero-order valence-electron chi connectivity index (χ0n) is 13.9. The number of hydrogen-bond acceptors (Lipinski definition) is 3. The molecule has 1 fully saturated rings. The van der Waals surface area contributed by atoms with Crippen LogP contribution in [0.2, 0.25) is 0 Å². The highest BCUT2D eigenvalue weighted by atomic mass is 79.9. The third-order valence-corrected chi connectivity index (χ3v) is 4.49. The number of benzene rings is 2. The van der Waals surface area contributed by atoms with Crippen molar-refractivity contribution >= 4 is 50.9 Å². The molecule has 0 spiro atoms. The third-order valence-electron chi connectivity index (χ3n) is 3.71. The molecule has 0 atom stereocenters. The third kappa shape index (κ3) is 3.75. The van der Waals surface area contributed by atoms with Crippen molar-refractivity contribution in [3.63, 3.8) is 0 Å². The van der Waals surface area contributed by atoms with E-state index >= 15 is 0 Å². The molecule has 0 bridgehead atoms. The number of anilines is 1. The van der Waals surface area contributed by atoms with Crippen LogP contribution in [0.1, 0.15) is 18.1 Å². The Morgan fingerprint density at radius 2 is 2.08 bits per heavy atom. The Hall–Kier alpha value is -2.18. The van der Waals surface area contributed by atoms with Crippen LogP contribution >= 0.6 is 28.1 Å². The molecule has 0 saturated carbocycles. The molecule has 1 saturated heterocycles. The van der Waals surface area contributed by atoms with Gasteiger partial charge < -0.3 is 10.1 Å². The highest BCUT2D eigenvalue weighted by Crippen LogP contribution is 2.28. The lowest BCUT2D eigenvalue weighted by atomic mass is 10.1. The second-order valence-electron chi connectivity index (χ2n) is 5.58. The second-order valence-corrected chi connectivity index (χ2v) is 6.89. The molecule has 1 aliphatic rings. The summed E-state index contributed by atoms with van der Waals surface area (Å²) in [6.45, 7) is 4.45. The van der Waals surface area contributed by atoms with E-state index < -0.39 is 0 Å². The number of rotatable bonds is 4. The van der Waals surface area contributed by atoms with Crippen molar-refractivity contribution < 1.29 is 9.53 Å². The van der Waals surface area contributed by atoms with Gasteiger partial charge in [-0.25, -0.2) is 0 Å². The predicted molar refractivity (Wildman–Crippen MR) is 108 cm³/mol. The smallest absolute Gasteiger partial charge is 0.281 e. The van der Waals surface area contributed by atoms with Gasteiger partial charge in [0.25, 0.3) is 5.91 Å². The fourth-order valence-electron chi connectivity index (χ4n) is 2.61. The van der Waals surface area contributed by atoms with E-state index in [1.165, 1.54) is 4.90 Å². The maximum absolute atomic E-state index is 12.8. The first kappa shape index (κ1) is 17.6. The molecule has 2 aromatic carbocycles. The minimum absolute atomic E-state index is 0.182. The van der Waals surface area contributed by atoms with E-state index in [0.717, 1.165) is 21.3 Å². The molecule has 4 nitrogen and oxygen atoms in total. The molecule has 0 aromatic heterocycles. The molecule has 1 aliphatic heterocycles. The van der Waals surface area contributed by atoms with Gasteiger partial charge in [-0.15, -0.1) is 0 Å². The van der Waals surface area contributed by atoms with Gasteiger partial charge in [0.2, 0.25) is 0 Å². The number of nitrogens with one attached hydrogen (secondary N) is 1. The van der Waals surface area contributed by atoms with Gasteiger partial charge in [0.15, 0.2) is 5.11 Å². The zero-order chi connectivity index (χ0) is 18.0. The van der Waals surface area contributed by atoms with E-state index in [4.69, 9.17) is 17.0 Å². The monoisotopic (exact) mass is 416 g/mol. The first-order valence-electron chi connectivity index (χ1n) is 7.85. The molecule has 25 heavy (non-hydrogen) atoms. The summed E-state index contributed by atoms with van der Waals surface area (Å²) in [4.78, 5) is 14.3. The van der Waals surface area contributed by atoms with Crippen LogP contribution in [-0.4, -0.2) is 17.6 Å². The van der Waals surface area contributed by atoms with E-state index in [-0.39, 0.29) is 5.91 Å². The lowest BCUT2D eigenvalue weighted by Gasteiger charge is -2.14. The number of hydrogen-bond donors (Lipinski definition) is 1. The molecule has 1 N–H and O–H groups in total. The number of carbonyl (C=O) groups excluding carboxylic acids is 1. The molecule has 6 heteroatoms. The minimum Gasteiger partial charge on any atom is -0.493 e. The van der Waals surface area contributed by atoms with Gasteiger partial charge in [-0.05, 0) is 68.0 Å². The molecule has 0 aliphatic carbocycles. The first-order chi connectivity index (χ1) is 12.0. The van der Waals surface area contributed by atoms with Crippen molar-refractivity contribution in [1.29, 1.82) is 0 Å². The Bertz CT molecular complexity index is 879. The molecule has 128 valence electrons. The van der Waals surface area contributed by atoms with Crippen LogP contribution in [0.25, 0.3) is 6.08 Å². The van der Waals surface area contributed by atoms with Gasteiger partial charge >= 0.3 is 0 Å². The molecule has 0 radical (unpaired) electrons. The summed E-state index contributed by atoms with van der Waals surface area (Å²) in [5, 5.41) is 3.38. The minimum atomic E-state index is -0.182. The van der Waals surface area contributed by atoms with E-state index in [2.05, 4.69) is 21.2 Å². The van der Waals surface area contributed by atoms with Gasteiger partial charge in [-0.3, -0.25) is 9.69 Å². The lowest BCUT2D eigenvalue weighted by molar-refractivity contribution is -0.113. The number of amides is 1. The van der Waals surface area contributed by atoms with Gasteiger partial charge in [0.1, 0.15) is 11.4 Å². The van der Waals surface area contributed by atoms with Crippen LogP contribution in [0.5, 0.6) is 5.75 Å². The van der Waals surface area contributed by atoms with Crippen molar-refractivity contribution in [2.24, 2.45) is 0 Å². The number of carbonyl (C=O) groups is 1. The molecular weight excluding hydrogens is 400 g/mol. The van der Waals surface area contributed by atoms with E-state index in [1.54, 1.807) is 6.08 Å².